The van der Waals surface area contributed by atoms with Gasteiger partial charge in [0.2, 0.25) is 5.75 Å². The number of hydrogen-bond acceptors (Lipinski definition) is 6. The number of benzene rings is 2. The number of aromatic hydroxyl groups is 2. The van der Waals surface area contributed by atoms with Gasteiger partial charge in [0.25, 0.3) is 0 Å². The van der Waals surface area contributed by atoms with Crippen molar-refractivity contribution < 1.29 is 24.4 Å². The van der Waals surface area contributed by atoms with Gasteiger partial charge in [-0.2, -0.15) is 0 Å². The van der Waals surface area contributed by atoms with Crippen molar-refractivity contribution in [2.24, 2.45) is 0 Å². The van der Waals surface area contributed by atoms with Crippen LogP contribution in [-0.2, 0) is 6.42 Å². The minimum Gasteiger partial charge on any atom is -0.504 e. The summed E-state index contributed by atoms with van der Waals surface area (Å²) in [4.78, 5) is 0. The van der Waals surface area contributed by atoms with E-state index in [0.717, 1.165) is 11.1 Å². The highest BCUT2D eigenvalue weighted by atomic mass is 16.5. The van der Waals surface area contributed by atoms with E-state index >= 15 is 0 Å². The van der Waals surface area contributed by atoms with Crippen molar-refractivity contribution in [3.63, 3.8) is 0 Å². The minimum absolute atomic E-state index is 0.0655. The minimum atomic E-state index is -0.136. The predicted octanol–water partition coefficient (Wildman–Crippen LogP) is 3.41. The molecular weight excluding hydrogens is 334 g/mol. The predicted molar refractivity (Wildman–Crippen MR) is 101 cm³/mol. The lowest BCUT2D eigenvalue weighted by Crippen LogP contribution is -2.29. The van der Waals surface area contributed by atoms with E-state index in [2.05, 4.69) is 19.2 Å². The molecule has 0 radical (unpaired) electrons. The maximum absolute atomic E-state index is 9.85. The molecule has 0 saturated carbocycles. The number of hydrogen-bond donors (Lipinski definition) is 3. The summed E-state index contributed by atoms with van der Waals surface area (Å²) in [7, 11) is 4.74. The van der Waals surface area contributed by atoms with Crippen LogP contribution in [0.5, 0.6) is 28.7 Å². The summed E-state index contributed by atoms with van der Waals surface area (Å²) in [5.41, 5.74) is 1.87. The Morgan fingerprint density at radius 3 is 1.96 bits per heavy atom. The van der Waals surface area contributed by atoms with E-state index in [1.54, 1.807) is 33.5 Å². The summed E-state index contributed by atoms with van der Waals surface area (Å²) < 4.78 is 16.2. The van der Waals surface area contributed by atoms with E-state index in [4.69, 9.17) is 14.2 Å². The highest BCUT2D eigenvalue weighted by Crippen LogP contribution is 2.39. The van der Waals surface area contributed by atoms with E-state index in [1.807, 2.05) is 12.1 Å². The van der Waals surface area contributed by atoms with Crippen LogP contribution in [0.15, 0.2) is 30.3 Å². The molecule has 0 amide bonds. The fourth-order valence-electron chi connectivity index (χ4n) is 2.92. The lowest BCUT2D eigenvalue weighted by Gasteiger charge is -2.23. The number of methoxy groups -OCH3 is 3. The molecular formula is C20H27NO5. The molecule has 142 valence electrons. The van der Waals surface area contributed by atoms with Crippen LogP contribution in [-0.4, -0.2) is 37.6 Å². The summed E-state index contributed by atoms with van der Waals surface area (Å²) >= 11 is 0. The summed E-state index contributed by atoms with van der Waals surface area (Å²) in [5, 5.41) is 22.9. The largest absolute Gasteiger partial charge is 0.504 e. The second kappa shape index (κ2) is 8.67. The van der Waals surface area contributed by atoms with E-state index in [9.17, 15) is 10.2 Å². The van der Waals surface area contributed by atoms with Crippen molar-refractivity contribution in [1.29, 1.82) is 0 Å². The van der Waals surface area contributed by atoms with E-state index in [0.29, 0.717) is 23.7 Å². The molecule has 0 unspecified atom stereocenters. The zero-order valence-corrected chi connectivity index (χ0v) is 15.9. The Morgan fingerprint density at radius 1 is 0.885 bits per heavy atom. The zero-order chi connectivity index (χ0) is 19.3. The van der Waals surface area contributed by atoms with Crippen molar-refractivity contribution in [2.75, 3.05) is 21.3 Å². The van der Waals surface area contributed by atoms with E-state index < -0.39 is 0 Å². The molecule has 26 heavy (non-hydrogen) atoms. The van der Waals surface area contributed by atoms with Gasteiger partial charge in [-0.3, -0.25) is 0 Å². The molecule has 6 nitrogen and oxygen atoms in total. The Kier molecular flexibility index (Phi) is 6.58. The molecule has 6 heteroatoms. The third-order valence-electron chi connectivity index (χ3n) is 4.10. The summed E-state index contributed by atoms with van der Waals surface area (Å²) in [5.74, 6) is 1.47. The van der Waals surface area contributed by atoms with Gasteiger partial charge in [0, 0.05) is 12.1 Å². The second-order valence-electron chi connectivity index (χ2n) is 6.36. The normalized spacial score (nSPS) is 12.1. The Bertz CT molecular complexity index is 720. The summed E-state index contributed by atoms with van der Waals surface area (Å²) in [6, 6.07) is 8.87. The van der Waals surface area contributed by atoms with Crippen molar-refractivity contribution >= 4 is 0 Å². The standard InChI is InChI=1S/C20H27NO5/c1-12(2)21-15(14-6-7-16(22)17(23)11-14)8-13-9-18(24-3)20(26-5)19(10-13)25-4/h6-7,9-12,15,21-23H,8H2,1-5H3/t15-/m0/s1. The third kappa shape index (κ3) is 4.52. The highest BCUT2D eigenvalue weighted by molar-refractivity contribution is 5.54. The Balaban J connectivity index is 2.40. The maximum atomic E-state index is 9.85. The molecule has 0 fully saturated rings. The van der Waals surface area contributed by atoms with Crippen LogP contribution in [0.25, 0.3) is 0 Å². The van der Waals surface area contributed by atoms with Gasteiger partial charge < -0.3 is 29.7 Å². The average molecular weight is 361 g/mol. The van der Waals surface area contributed by atoms with Gasteiger partial charge in [0.05, 0.1) is 21.3 Å². The average Bonchev–Trinajstić information content (AvgIpc) is 2.62. The van der Waals surface area contributed by atoms with Crippen molar-refractivity contribution in [1.82, 2.24) is 5.32 Å². The van der Waals surface area contributed by atoms with Crippen LogP contribution in [0.2, 0.25) is 0 Å². The van der Waals surface area contributed by atoms with Gasteiger partial charge in [-0.15, -0.1) is 0 Å². The molecule has 0 spiro atoms. The lowest BCUT2D eigenvalue weighted by atomic mass is 9.97. The first-order valence-corrected chi connectivity index (χ1v) is 8.46. The molecule has 0 bridgehead atoms. The molecule has 2 rings (SSSR count). The number of phenolic OH excluding ortho intramolecular Hbond substituents is 2. The lowest BCUT2D eigenvalue weighted by molar-refractivity contribution is 0.323. The van der Waals surface area contributed by atoms with Crippen molar-refractivity contribution in [3.8, 4) is 28.7 Å². The van der Waals surface area contributed by atoms with Crippen molar-refractivity contribution in [3.05, 3.63) is 41.5 Å². The molecule has 0 saturated heterocycles. The fraction of sp³-hybridized carbons (Fsp3) is 0.400. The van der Waals surface area contributed by atoms with Crippen LogP contribution in [0.1, 0.15) is 31.0 Å². The van der Waals surface area contributed by atoms with Gasteiger partial charge in [-0.25, -0.2) is 0 Å². The Labute approximate surface area is 154 Å². The first-order chi connectivity index (χ1) is 12.4. The third-order valence-corrected chi connectivity index (χ3v) is 4.10. The number of phenols is 2. The van der Waals surface area contributed by atoms with Crippen LogP contribution in [0.3, 0.4) is 0 Å². The number of ether oxygens (including phenoxy) is 3. The van der Waals surface area contributed by atoms with E-state index in [-0.39, 0.29) is 23.6 Å². The van der Waals surface area contributed by atoms with Gasteiger partial charge in [-0.05, 0) is 41.8 Å². The molecule has 0 aliphatic carbocycles. The first kappa shape index (κ1) is 19.7. The van der Waals surface area contributed by atoms with Gasteiger partial charge in [0.1, 0.15) is 0 Å². The molecule has 1 atom stereocenters. The van der Waals surface area contributed by atoms with Crippen LogP contribution in [0.4, 0.5) is 0 Å². The Morgan fingerprint density at radius 2 is 1.50 bits per heavy atom. The summed E-state index contributed by atoms with van der Waals surface area (Å²) in [6.07, 6.45) is 0.638. The molecule has 0 aliphatic rings. The maximum Gasteiger partial charge on any atom is 0.203 e. The van der Waals surface area contributed by atoms with Crippen LogP contribution < -0.4 is 19.5 Å². The summed E-state index contributed by atoms with van der Waals surface area (Å²) in [6.45, 7) is 4.12. The molecule has 3 N–H and O–H groups in total. The van der Waals surface area contributed by atoms with Gasteiger partial charge >= 0.3 is 0 Å². The van der Waals surface area contributed by atoms with Crippen LogP contribution in [0, 0.1) is 0 Å². The fourth-order valence-corrected chi connectivity index (χ4v) is 2.92. The quantitative estimate of drug-likeness (QED) is 0.625. The molecule has 0 heterocycles. The first-order valence-electron chi connectivity index (χ1n) is 8.46. The number of rotatable bonds is 8. The highest BCUT2D eigenvalue weighted by Gasteiger charge is 2.19. The Hall–Kier alpha value is -2.60. The SMILES string of the molecule is COc1cc(C[C@H](NC(C)C)c2ccc(O)c(O)c2)cc(OC)c1OC. The second-order valence-corrected chi connectivity index (χ2v) is 6.36. The molecule has 2 aromatic rings. The molecule has 0 aliphatic heterocycles. The van der Waals surface area contributed by atoms with E-state index in [1.165, 1.54) is 6.07 Å². The number of nitrogens with one attached hydrogen (secondary N) is 1. The van der Waals surface area contributed by atoms with Gasteiger partial charge in [-0.1, -0.05) is 19.9 Å². The monoisotopic (exact) mass is 361 g/mol. The molecule has 0 aromatic heterocycles. The van der Waals surface area contributed by atoms with Crippen LogP contribution >= 0.6 is 0 Å². The smallest absolute Gasteiger partial charge is 0.203 e. The molecule has 2 aromatic carbocycles. The zero-order valence-electron chi connectivity index (χ0n) is 15.9. The van der Waals surface area contributed by atoms with Crippen molar-refractivity contribution in [2.45, 2.75) is 32.4 Å². The van der Waals surface area contributed by atoms with Gasteiger partial charge in [0.15, 0.2) is 23.0 Å². The topological polar surface area (TPSA) is 80.2 Å².